The minimum Gasteiger partial charge on any atom is -0.462 e. The Morgan fingerprint density at radius 2 is 0.627 bits per heavy atom. The first kappa shape index (κ1) is 63.6. The zero-order chi connectivity index (χ0) is 48.6. The summed E-state index contributed by atoms with van der Waals surface area (Å²) in [6, 6.07) is 0. The van der Waals surface area contributed by atoms with Gasteiger partial charge in [0.05, 0.1) is 0 Å². The summed E-state index contributed by atoms with van der Waals surface area (Å²) in [7, 11) is 0. The fourth-order valence-corrected chi connectivity index (χ4v) is 7.68. The van der Waals surface area contributed by atoms with E-state index in [0.717, 1.165) is 89.9 Å². The van der Waals surface area contributed by atoms with Gasteiger partial charge in [0.2, 0.25) is 0 Å². The number of esters is 3. The third-order valence-electron chi connectivity index (χ3n) is 11.9. The summed E-state index contributed by atoms with van der Waals surface area (Å²) in [4.78, 5) is 38.1. The van der Waals surface area contributed by atoms with Crippen molar-refractivity contribution in [3.05, 3.63) is 85.1 Å². The van der Waals surface area contributed by atoms with Crippen LogP contribution in [0.1, 0.15) is 265 Å². The Balaban J connectivity index is 4.49. The average Bonchev–Trinajstić information content (AvgIpc) is 3.33. The molecule has 6 nitrogen and oxygen atoms in total. The summed E-state index contributed by atoms with van der Waals surface area (Å²) in [5.41, 5.74) is 0. The molecule has 0 aliphatic carbocycles. The molecule has 0 aliphatic heterocycles. The lowest BCUT2D eigenvalue weighted by atomic mass is 10.1. The van der Waals surface area contributed by atoms with E-state index in [9.17, 15) is 14.4 Å². The molecule has 0 rings (SSSR count). The number of carbonyl (C=O) groups excluding carboxylic acids is 3. The molecule has 0 bridgehead atoms. The normalized spacial score (nSPS) is 12.7. The van der Waals surface area contributed by atoms with Gasteiger partial charge in [0.1, 0.15) is 13.2 Å². The van der Waals surface area contributed by atoms with E-state index in [1.165, 1.54) is 128 Å². The van der Waals surface area contributed by atoms with E-state index in [4.69, 9.17) is 14.2 Å². The predicted molar refractivity (Wildman–Crippen MR) is 288 cm³/mol. The van der Waals surface area contributed by atoms with Gasteiger partial charge in [-0.15, -0.1) is 0 Å². The lowest BCUT2D eigenvalue weighted by Crippen LogP contribution is -2.30. The van der Waals surface area contributed by atoms with E-state index in [1.54, 1.807) is 0 Å². The van der Waals surface area contributed by atoms with Gasteiger partial charge in [-0.1, -0.05) is 241 Å². The van der Waals surface area contributed by atoms with Crippen LogP contribution in [0.3, 0.4) is 0 Å². The highest BCUT2D eigenvalue weighted by atomic mass is 16.6. The lowest BCUT2D eigenvalue weighted by molar-refractivity contribution is -0.166. The lowest BCUT2D eigenvalue weighted by Gasteiger charge is -2.18. The van der Waals surface area contributed by atoms with Crippen LogP contribution >= 0.6 is 0 Å². The number of rotatable bonds is 50. The highest BCUT2D eigenvalue weighted by Gasteiger charge is 2.19. The first-order chi connectivity index (χ1) is 33.0. The van der Waals surface area contributed by atoms with Crippen LogP contribution in [0.5, 0.6) is 0 Å². The summed E-state index contributed by atoms with van der Waals surface area (Å²) in [6.07, 6.45) is 71.5. The molecule has 0 aromatic heterocycles. The molecule has 0 spiro atoms. The maximum absolute atomic E-state index is 12.8. The van der Waals surface area contributed by atoms with Crippen molar-refractivity contribution in [3.63, 3.8) is 0 Å². The summed E-state index contributed by atoms with van der Waals surface area (Å²) in [5, 5.41) is 0. The Morgan fingerprint density at radius 3 is 1.09 bits per heavy atom. The van der Waals surface area contributed by atoms with Crippen molar-refractivity contribution in [1.82, 2.24) is 0 Å². The van der Waals surface area contributed by atoms with Gasteiger partial charge in [0.25, 0.3) is 0 Å². The first-order valence-corrected chi connectivity index (χ1v) is 28.1. The van der Waals surface area contributed by atoms with E-state index in [0.29, 0.717) is 19.3 Å². The van der Waals surface area contributed by atoms with Gasteiger partial charge in [0.15, 0.2) is 6.10 Å². The highest BCUT2D eigenvalue weighted by molar-refractivity contribution is 5.71. The van der Waals surface area contributed by atoms with Crippen LogP contribution in [0.15, 0.2) is 85.1 Å². The van der Waals surface area contributed by atoms with Crippen molar-refractivity contribution in [2.24, 2.45) is 0 Å². The van der Waals surface area contributed by atoms with Gasteiger partial charge < -0.3 is 14.2 Å². The molecule has 384 valence electrons. The van der Waals surface area contributed by atoms with Crippen molar-refractivity contribution in [3.8, 4) is 0 Å². The summed E-state index contributed by atoms with van der Waals surface area (Å²) < 4.78 is 16.8. The van der Waals surface area contributed by atoms with Crippen LogP contribution in [0.4, 0.5) is 0 Å². The van der Waals surface area contributed by atoms with E-state index < -0.39 is 6.10 Å². The van der Waals surface area contributed by atoms with Crippen LogP contribution in [-0.4, -0.2) is 37.2 Å². The van der Waals surface area contributed by atoms with Gasteiger partial charge in [-0.25, -0.2) is 0 Å². The molecule has 0 aromatic carbocycles. The topological polar surface area (TPSA) is 78.9 Å². The van der Waals surface area contributed by atoms with E-state index in [1.807, 2.05) is 6.08 Å². The van der Waals surface area contributed by atoms with E-state index in [2.05, 4.69) is 99.8 Å². The second-order valence-corrected chi connectivity index (χ2v) is 18.6. The smallest absolute Gasteiger partial charge is 0.306 e. The van der Waals surface area contributed by atoms with Gasteiger partial charge >= 0.3 is 17.9 Å². The standard InChI is InChI=1S/C61H104O6/c1-4-7-10-13-16-19-22-25-27-29-31-33-36-39-42-45-48-51-54-60(63)66-57-58(56-65-59(62)53-50-47-44-41-38-35-24-21-18-15-12-9-6-3)67-61(64)55-52-49-46-43-40-37-34-32-30-28-26-23-20-17-14-11-8-5-2/h16,19,22,25,27,29,31-35,38,44,47,58H,4-15,17-18,20-21,23-24,26,28,30,36-37,39-43,45-46,48-57H2,1-3H3/b19-16+,25-22+,29-27+,33-31+,34-32+,38-35+,47-44+. The molecule has 67 heavy (non-hydrogen) atoms. The fourth-order valence-electron chi connectivity index (χ4n) is 7.68. The number of unbranched alkanes of at least 4 members (excludes halogenated alkanes) is 28. The molecule has 0 fully saturated rings. The molecule has 0 radical (unpaired) electrons. The maximum Gasteiger partial charge on any atom is 0.306 e. The molecule has 0 aromatic rings. The van der Waals surface area contributed by atoms with Crippen LogP contribution in [0.25, 0.3) is 0 Å². The number of hydrogen-bond acceptors (Lipinski definition) is 6. The van der Waals surface area contributed by atoms with Gasteiger partial charge in [-0.3, -0.25) is 14.4 Å². The molecule has 0 saturated carbocycles. The fraction of sp³-hybridized carbons (Fsp3) is 0.721. The largest absolute Gasteiger partial charge is 0.462 e. The number of hydrogen-bond donors (Lipinski definition) is 0. The minimum atomic E-state index is -0.814. The zero-order valence-electron chi connectivity index (χ0n) is 43.9. The molecule has 0 amide bonds. The molecular weight excluding hydrogens is 829 g/mol. The first-order valence-electron chi connectivity index (χ1n) is 28.1. The molecule has 1 unspecified atom stereocenters. The summed E-state index contributed by atoms with van der Waals surface area (Å²) >= 11 is 0. The number of carbonyl (C=O) groups is 3. The van der Waals surface area contributed by atoms with Crippen LogP contribution in [-0.2, 0) is 28.6 Å². The number of ether oxygens (including phenoxy) is 3. The Labute approximate surface area is 414 Å². The molecule has 0 heterocycles. The summed E-state index contributed by atoms with van der Waals surface area (Å²) in [6.45, 7) is 6.52. The molecule has 6 heteroatoms. The highest BCUT2D eigenvalue weighted by Crippen LogP contribution is 2.14. The van der Waals surface area contributed by atoms with Crippen molar-refractivity contribution >= 4 is 17.9 Å². The zero-order valence-corrected chi connectivity index (χ0v) is 43.9. The molecular formula is C61H104O6. The van der Waals surface area contributed by atoms with Crippen molar-refractivity contribution in [2.75, 3.05) is 13.2 Å². The molecule has 0 aliphatic rings. The van der Waals surface area contributed by atoms with Crippen molar-refractivity contribution in [2.45, 2.75) is 271 Å². The van der Waals surface area contributed by atoms with Crippen LogP contribution in [0.2, 0.25) is 0 Å². The van der Waals surface area contributed by atoms with Gasteiger partial charge in [0, 0.05) is 19.3 Å². The van der Waals surface area contributed by atoms with Crippen LogP contribution < -0.4 is 0 Å². The second kappa shape index (κ2) is 55.2. The Bertz CT molecular complexity index is 1300. The van der Waals surface area contributed by atoms with E-state index >= 15 is 0 Å². The molecule has 1 atom stereocenters. The summed E-state index contributed by atoms with van der Waals surface area (Å²) in [5.74, 6) is -1.00. The van der Waals surface area contributed by atoms with Crippen LogP contribution in [0, 0.1) is 0 Å². The van der Waals surface area contributed by atoms with Crippen molar-refractivity contribution in [1.29, 1.82) is 0 Å². The van der Waals surface area contributed by atoms with Gasteiger partial charge in [-0.05, 0) is 89.9 Å². The van der Waals surface area contributed by atoms with Gasteiger partial charge in [-0.2, -0.15) is 0 Å². The average molecular weight is 933 g/mol. The van der Waals surface area contributed by atoms with Crippen molar-refractivity contribution < 1.29 is 28.6 Å². The monoisotopic (exact) mass is 933 g/mol. The predicted octanol–water partition coefficient (Wildman–Crippen LogP) is 18.8. The molecule has 0 saturated heterocycles. The quantitative estimate of drug-likeness (QED) is 0.0199. The third-order valence-corrected chi connectivity index (χ3v) is 11.9. The number of allylic oxidation sites excluding steroid dienone is 14. The van der Waals surface area contributed by atoms with E-state index in [-0.39, 0.29) is 37.5 Å². The SMILES string of the molecule is CCCCC/C=C/C=C/C=C/C=C/CCCCCCCC(=O)OCC(COC(=O)CC/C=C/C/C=C/CCCCCCCC)OC(=O)CCCCCCC/C=C/CCCCCCCCCCC. The maximum atomic E-state index is 12.8. The molecule has 0 N–H and O–H groups in total. The minimum absolute atomic E-state index is 0.109. The Hall–Kier alpha value is -3.41. The Morgan fingerprint density at radius 1 is 0.313 bits per heavy atom. The Kier molecular flexibility index (Phi) is 52.4. The third kappa shape index (κ3) is 53.4. The second-order valence-electron chi connectivity index (χ2n) is 18.6.